The van der Waals surface area contributed by atoms with Gasteiger partial charge in [0, 0.05) is 12.1 Å². The molecule has 1 heterocycles. The minimum atomic E-state index is -0.756. The summed E-state index contributed by atoms with van der Waals surface area (Å²) in [4.78, 5) is 39.4. The van der Waals surface area contributed by atoms with E-state index >= 15 is 0 Å². The molecule has 182 valence electrons. The number of nitrogens with zero attached hydrogens (tertiary/aromatic N) is 2. The first-order valence-corrected chi connectivity index (χ1v) is 11.2. The highest BCUT2D eigenvalue weighted by Crippen LogP contribution is 2.38. The zero-order valence-corrected chi connectivity index (χ0v) is 20.1. The summed E-state index contributed by atoms with van der Waals surface area (Å²) >= 11 is 12.5. The minimum Gasteiger partial charge on any atom is -0.490 e. The standard InChI is InChI=1S/C25H16Cl2N2O7/c1-2-34-21-12-14(10-19(27)22(21)35-24(30)15-6-4-3-5-7-15)11-20-25(31)36-23(28-20)17-9-8-16(29(32)33)13-18(17)26/h3-13H,2H2,1H3/b20-11-. The summed E-state index contributed by atoms with van der Waals surface area (Å²) in [6, 6.07) is 15.1. The number of nitro benzene ring substituents is 1. The van der Waals surface area contributed by atoms with Crippen LogP contribution in [0.15, 0.2) is 71.4 Å². The Morgan fingerprint density at radius 1 is 1.11 bits per heavy atom. The van der Waals surface area contributed by atoms with Crippen LogP contribution in [-0.4, -0.2) is 29.4 Å². The Morgan fingerprint density at radius 3 is 2.53 bits per heavy atom. The number of rotatable bonds is 7. The lowest BCUT2D eigenvalue weighted by molar-refractivity contribution is -0.384. The highest BCUT2D eigenvalue weighted by atomic mass is 35.5. The molecule has 0 bridgehead atoms. The van der Waals surface area contributed by atoms with E-state index in [1.165, 1.54) is 30.3 Å². The van der Waals surface area contributed by atoms with Crippen LogP contribution in [0.2, 0.25) is 10.0 Å². The van der Waals surface area contributed by atoms with Crippen LogP contribution in [0, 0.1) is 10.1 Å². The van der Waals surface area contributed by atoms with Crippen molar-refractivity contribution in [3.05, 3.63) is 103 Å². The lowest BCUT2D eigenvalue weighted by atomic mass is 10.1. The topological polar surface area (TPSA) is 117 Å². The number of ether oxygens (including phenoxy) is 3. The molecule has 0 radical (unpaired) electrons. The third kappa shape index (κ3) is 5.37. The van der Waals surface area contributed by atoms with Crippen LogP contribution in [0.25, 0.3) is 6.08 Å². The van der Waals surface area contributed by atoms with E-state index in [2.05, 4.69) is 4.99 Å². The summed E-state index contributed by atoms with van der Waals surface area (Å²) in [7, 11) is 0. The number of benzene rings is 3. The fourth-order valence-electron chi connectivity index (χ4n) is 3.23. The predicted octanol–water partition coefficient (Wildman–Crippen LogP) is 5.86. The molecule has 4 rings (SSSR count). The van der Waals surface area contributed by atoms with Gasteiger partial charge in [0.05, 0.1) is 32.7 Å². The molecule has 0 unspecified atom stereocenters. The summed E-state index contributed by atoms with van der Waals surface area (Å²) in [6.07, 6.45) is 1.41. The van der Waals surface area contributed by atoms with Crippen molar-refractivity contribution < 1.29 is 28.7 Å². The fraction of sp³-hybridized carbons (Fsp3) is 0.0800. The zero-order chi connectivity index (χ0) is 25.8. The van der Waals surface area contributed by atoms with Crippen LogP contribution < -0.4 is 9.47 Å². The van der Waals surface area contributed by atoms with Crippen molar-refractivity contribution in [2.24, 2.45) is 4.99 Å². The predicted molar refractivity (Wildman–Crippen MR) is 133 cm³/mol. The molecular weight excluding hydrogens is 511 g/mol. The van der Waals surface area contributed by atoms with E-state index in [9.17, 15) is 19.7 Å². The maximum atomic E-state index is 12.5. The second-order valence-electron chi connectivity index (χ2n) is 7.28. The van der Waals surface area contributed by atoms with Crippen LogP contribution in [0.4, 0.5) is 5.69 Å². The van der Waals surface area contributed by atoms with Crippen molar-refractivity contribution in [2.75, 3.05) is 6.61 Å². The molecule has 1 aliphatic heterocycles. The molecule has 0 amide bonds. The number of halogens is 2. The number of hydrogen-bond acceptors (Lipinski definition) is 8. The molecule has 0 saturated carbocycles. The maximum Gasteiger partial charge on any atom is 0.363 e. The van der Waals surface area contributed by atoms with E-state index in [0.29, 0.717) is 11.1 Å². The molecule has 11 heteroatoms. The number of non-ortho nitro benzene ring substituents is 1. The molecule has 3 aromatic carbocycles. The summed E-state index contributed by atoms with van der Waals surface area (Å²) in [5, 5.41) is 11.0. The number of carbonyl (C=O) groups excluding carboxylic acids is 2. The third-order valence-electron chi connectivity index (χ3n) is 4.85. The van der Waals surface area contributed by atoms with Crippen molar-refractivity contribution in [3.63, 3.8) is 0 Å². The van der Waals surface area contributed by atoms with Crippen molar-refractivity contribution in [1.82, 2.24) is 0 Å². The molecule has 9 nitrogen and oxygen atoms in total. The molecule has 1 aliphatic rings. The molecule has 0 aromatic heterocycles. The molecular formula is C25H16Cl2N2O7. The Bertz CT molecular complexity index is 1440. The summed E-state index contributed by atoms with van der Waals surface area (Å²) in [6.45, 7) is 2.01. The summed E-state index contributed by atoms with van der Waals surface area (Å²) < 4.78 is 16.3. The van der Waals surface area contributed by atoms with Gasteiger partial charge in [-0.1, -0.05) is 41.4 Å². The largest absolute Gasteiger partial charge is 0.490 e. The fourth-order valence-corrected chi connectivity index (χ4v) is 3.75. The molecule has 0 saturated heterocycles. The summed E-state index contributed by atoms with van der Waals surface area (Å²) in [5.74, 6) is -1.25. The number of carbonyl (C=O) groups is 2. The van der Waals surface area contributed by atoms with Crippen LogP contribution in [-0.2, 0) is 9.53 Å². The van der Waals surface area contributed by atoms with Crippen molar-refractivity contribution >= 4 is 52.8 Å². The van der Waals surface area contributed by atoms with Crippen molar-refractivity contribution in [1.29, 1.82) is 0 Å². The van der Waals surface area contributed by atoms with Gasteiger partial charge in [-0.05, 0) is 48.9 Å². The number of cyclic esters (lactones) is 1. The first kappa shape index (κ1) is 24.9. The van der Waals surface area contributed by atoms with E-state index in [1.807, 2.05) is 0 Å². The number of hydrogen-bond donors (Lipinski definition) is 0. The van der Waals surface area contributed by atoms with E-state index in [0.717, 1.165) is 6.07 Å². The normalized spacial score (nSPS) is 13.8. The highest BCUT2D eigenvalue weighted by Gasteiger charge is 2.27. The Balaban J connectivity index is 1.65. The summed E-state index contributed by atoms with van der Waals surface area (Å²) in [5.41, 5.74) is 0.704. The van der Waals surface area contributed by atoms with Gasteiger partial charge in [0.2, 0.25) is 5.90 Å². The van der Waals surface area contributed by atoms with E-state index in [1.54, 1.807) is 37.3 Å². The average Bonchev–Trinajstić information content (AvgIpc) is 3.21. The molecule has 0 spiro atoms. The Hall–Kier alpha value is -4.21. The Morgan fingerprint density at radius 2 is 1.86 bits per heavy atom. The first-order chi connectivity index (χ1) is 17.3. The number of esters is 2. The van der Waals surface area contributed by atoms with Gasteiger partial charge in [-0.15, -0.1) is 0 Å². The molecule has 0 N–H and O–H groups in total. The van der Waals surface area contributed by atoms with Gasteiger partial charge in [-0.3, -0.25) is 10.1 Å². The molecule has 0 fully saturated rings. The van der Waals surface area contributed by atoms with Gasteiger partial charge in [0.25, 0.3) is 5.69 Å². The number of aliphatic imine (C=N–C) groups is 1. The van der Waals surface area contributed by atoms with Gasteiger partial charge in [0.1, 0.15) is 0 Å². The first-order valence-electron chi connectivity index (χ1n) is 10.5. The lowest BCUT2D eigenvalue weighted by Gasteiger charge is -2.13. The smallest absolute Gasteiger partial charge is 0.363 e. The second-order valence-corrected chi connectivity index (χ2v) is 8.09. The van der Waals surface area contributed by atoms with Crippen molar-refractivity contribution in [2.45, 2.75) is 6.92 Å². The van der Waals surface area contributed by atoms with Gasteiger partial charge < -0.3 is 14.2 Å². The highest BCUT2D eigenvalue weighted by molar-refractivity contribution is 6.35. The van der Waals surface area contributed by atoms with Gasteiger partial charge in [-0.2, -0.15) is 0 Å². The maximum absolute atomic E-state index is 12.5. The minimum absolute atomic E-state index is 0.00302. The SMILES string of the molecule is CCOc1cc(/C=C2\N=C(c3ccc([N+](=O)[O-])cc3Cl)OC2=O)cc(Cl)c1OC(=O)c1ccccc1. The van der Waals surface area contributed by atoms with Crippen LogP contribution in [0.3, 0.4) is 0 Å². The van der Waals surface area contributed by atoms with Gasteiger partial charge in [-0.25, -0.2) is 14.6 Å². The zero-order valence-electron chi connectivity index (χ0n) is 18.6. The molecule has 3 aromatic rings. The van der Waals surface area contributed by atoms with Crippen LogP contribution >= 0.6 is 23.2 Å². The third-order valence-corrected chi connectivity index (χ3v) is 5.45. The Labute approximate surface area is 214 Å². The van der Waals surface area contributed by atoms with E-state index in [4.69, 9.17) is 37.4 Å². The number of nitro groups is 1. The molecule has 0 atom stereocenters. The van der Waals surface area contributed by atoms with E-state index < -0.39 is 16.9 Å². The van der Waals surface area contributed by atoms with Crippen molar-refractivity contribution in [3.8, 4) is 11.5 Å². The molecule has 36 heavy (non-hydrogen) atoms. The Kier molecular flexibility index (Phi) is 7.33. The van der Waals surface area contributed by atoms with Gasteiger partial charge in [0.15, 0.2) is 17.2 Å². The average molecular weight is 527 g/mol. The van der Waals surface area contributed by atoms with Gasteiger partial charge >= 0.3 is 11.9 Å². The van der Waals surface area contributed by atoms with E-state index in [-0.39, 0.29) is 51.0 Å². The van der Waals surface area contributed by atoms with Crippen LogP contribution in [0.1, 0.15) is 28.4 Å². The van der Waals surface area contributed by atoms with Crippen LogP contribution in [0.5, 0.6) is 11.5 Å². The lowest BCUT2D eigenvalue weighted by Crippen LogP contribution is -2.10. The molecule has 0 aliphatic carbocycles. The second kappa shape index (κ2) is 10.6. The quantitative estimate of drug-likeness (QED) is 0.124. The monoisotopic (exact) mass is 526 g/mol.